The Bertz CT molecular complexity index is 1180. The summed E-state index contributed by atoms with van der Waals surface area (Å²) in [6.07, 6.45) is 0.196. The molecular weight excluding hydrogens is 381 g/mol. The molecule has 4 nitrogen and oxygen atoms in total. The number of ether oxygens (including phenoxy) is 1. The number of esters is 1. The van der Waals surface area contributed by atoms with Gasteiger partial charge in [-0.25, -0.2) is 9.18 Å². The van der Waals surface area contributed by atoms with Crippen LogP contribution in [0, 0.1) is 5.82 Å². The third-order valence-corrected chi connectivity index (χ3v) is 5.14. The topological polar surface area (TPSA) is 55.4 Å². The second-order valence-corrected chi connectivity index (χ2v) is 7.07. The van der Waals surface area contributed by atoms with Gasteiger partial charge in [0.15, 0.2) is 0 Å². The molecule has 0 radical (unpaired) electrons. The van der Waals surface area contributed by atoms with Gasteiger partial charge < -0.3 is 10.1 Å². The van der Waals surface area contributed by atoms with Gasteiger partial charge in [0, 0.05) is 6.42 Å². The highest BCUT2D eigenvalue weighted by Crippen LogP contribution is 2.28. The van der Waals surface area contributed by atoms with Gasteiger partial charge in [-0.3, -0.25) is 4.79 Å². The van der Waals surface area contributed by atoms with Gasteiger partial charge in [-0.2, -0.15) is 0 Å². The van der Waals surface area contributed by atoms with Crippen molar-refractivity contribution < 1.29 is 18.7 Å². The molecule has 5 heteroatoms. The Morgan fingerprint density at radius 3 is 2.03 bits per heavy atom. The van der Waals surface area contributed by atoms with Crippen molar-refractivity contribution >= 4 is 33.4 Å². The summed E-state index contributed by atoms with van der Waals surface area (Å²) >= 11 is 0. The van der Waals surface area contributed by atoms with Crippen LogP contribution in [-0.2, 0) is 16.0 Å². The van der Waals surface area contributed by atoms with E-state index in [9.17, 15) is 14.0 Å². The standard InChI is InChI=1S/C25H20FNO3/c1-30-25(29)22(14-16-10-12-19(26)13-11-16)27-24(28)23-20-8-4-2-6-17(20)15-18-7-3-5-9-21(18)23/h2-13,15,22H,14H2,1H3,(H,27,28)/t22-/m1/s1. The summed E-state index contributed by atoms with van der Waals surface area (Å²) in [4.78, 5) is 25.7. The first-order valence-corrected chi connectivity index (χ1v) is 9.60. The predicted octanol–water partition coefficient (Wildman–Crippen LogP) is 4.65. The molecule has 0 unspecified atom stereocenters. The van der Waals surface area contributed by atoms with Crippen LogP contribution in [0.4, 0.5) is 4.39 Å². The molecule has 30 heavy (non-hydrogen) atoms. The summed E-state index contributed by atoms with van der Waals surface area (Å²) in [6, 6.07) is 22.3. The third-order valence-electron chi connectivity index (χ3n) is 5.14. The summed E-state index contributed by atoms with van der Waals surface area (Å²) in [6.45, 7) is 0. The average Bonchev–Trinajstić information content (AvgIpc) is 2.77. The van der Waals surface area contributed by atoms with E-state index in [-0.39, 0.29) is 18.1 Å². The van der Waals surface area contributed by atoms with Crippen molar-refractivity contribution in [2.75, 3.05) is 7.11 Å². The molecule has 0 aliphatic rings. The molecule has 0 saturated carbocycles. The lowest BCUT2D eigenvalue weighted by Crippen LogP contribution is -2.43. The molecule has 0 aliphatic heterocycles. The normalized spacial score (nSPS) is 11.9. The molecule has 1 atom stereocenters. The van der Waals surface area contributed by atoms with Crippen LogP contribution in [0.1, 0.15) is 15.9 Å². The van der Waals surface area contributed by atoms with E-state index in [1.807, 2.05) is 54.6 Å². The van der Waals surface area contributed by atoms with E-state index in [0.717, 1.165) is 27.1 Å². The van der Waals surface area contributed by atoms with Crippen molar-refractivity contribution in [3.05, 3.63) is 95.8 Å². The first-order chi connectivity index (χ1) is 14.6. The van der Waals surface area contributed by atoms with Crippen LogP contribution in [0.3, 0.4) is 0 Å². The Labute approximate surface area is 173 Å². The molecular formula is C25H20FNO3. The second-order valence-electron chi connectivity index (χ2n) is 7.07. The summed E-state index contributed by atoms with van der Waals surface area (Å²) in [5, 5.41) is 6.31. The van der Waals surface area contributed by atoms with Crippen LogP contribution in [0.2, 0.25) is 0 Å². The fourth-order valence-electron chi connectivity index (χ4n) is 3.68. The zero-order valence-corrected chi connectivity index (χ0v) is 16.4. The average molecular weight is 401 g/mol. The molecule has 0 spiro atoms. The minimum absolute atomic E-state index is 0.196. The zero-order chi connectivity index (χ0) is 21.1. The van der Waals surface area contributed by atoms with Gasteiger partial charge in [0.1, 0.15) is 11.9 Å². The number of nitrogens with one attached hydrogen (secondary N) is 1. The van der Waals surface area contributed by atoms with Crippen molar-refractivity contribution in [3.63, 3.8) is 0 Å². The number of rotatable bonds is 5. The van der Waals surface area contributed by atoms with Crippen LogP contribution >= 0.6 is 0 Å². The molecule has 0 bridgehead atoms. The molecule has 1 N–H and O–H groups in total. The summed E-state index contributed by atoms with van der Waals surface area (Å²) in [5.41, 5.74) is 1.23. The Morgan fingerprint density at radius 2 is 1.47 bits per heavy atom. The van der Waals surface area contributed by atoms with Gasteiger partial charge in [0.25, 0.3) is 5.91 Å². The lowest BCUT2D eigenvalue weighted by atomic mass is 9.95. The highest BCUT2D eigenvalue weighted by molar-refractivity contribution is 6.18. The quantitative estimate of drug-likeness (QED) is 0.391. The van der Waals surface area contributed by atoms with Gasteiger partial charge >= 0.3 is 5.97 Å². The van der Waals surface area contributed by atoms with Crippen molar-refractivity contribution in [1.29, 1.82) is 0 Å². The van der Waals surface area contributed by atoms with Gasteiger partial charge in [0.2, 0.25) is 0 Å². The smallest absolute Gasteiger partial charge is 0.328 e. The molecule has 1 amide bonds. The van der Waals surface area contributed by atoms with Crippen LogP contribution in [0.15, 0.2) is 78.9 Å². The number of hydrogen-bond donors (Lipinski definition) is 1. The van der Waals surface area contributed by atoms with Crippen molar-refractivity contribution in [3.8, 4) is 0 Å². The number of amides is 1. The Morgan fingerprint density at radius 1 is 0.900 bits per heavy atom. The number of halogens is 1. The highest BCUT2D eigenvalue weighted by Gasteiger charge is 2.24. The maximum absolute atomic E-state index is 13.4. The monoisotopic (exact) mass is 401 g/mol. The number of methoxy groups -OCH3 is 1. The maximum atomic E-state index is 13.4. The molecule has 0 heterocycles. The largest absolute Gasteiger partial charge is 0.467 e. The van der Waals surface area contributed by atoms with Gasteiger partial charge in [-0.15, -0.1) is 0 Å². The van der Waals surface area contributed by atoms with Crippen molar-refractivity contribution in [2.24, 2.45) is 0 Å². The highest BCUT2D eigenvalue weighted by atomic mass is 19.1. The van der Waals surface area contributed by atoms with Gasteiger partial charge in [-0.1, -0.05) is 60.7 Å². The second kappa shape index (κ2) is 8.33. The van der Waals surface area contributed by atoms with Crippen molar-refractivity contribution in [2.45, 2.75) is 12.5 Å². The minimum atomic E-state index is -0.898. The molecule has 0 saturated heterocycles. The Balaban J connectivity index is 1.74. The minimum Gasteiger partial charge on any atom is -0.467 e. The van der Waals surface area contributed by atoms with Gasteiger partial charge in [0.05, 0.1) is 12.7 Å². The van der Waals surface area contributed by atoms with E-state index >= 15 is 0 Å². The first kappa shape index (κ1) is 19.6. The number of hydrogen-bond acceptors (Lipinski definition) is 3. The number of fused-ring (bicyclic) bond motifs is 2. The number of carbonyl (C=O) groups is 2. The first-order valence-electron chi connectivity index (χ1n) is 9.60. The SMILES string of the molecule is COC(=O)[C@@H](Cc1ccc(F)cc1)NC(=O)c1c2ccccc2cc2ccccc12. The summed E-state index contributed by atoms with van der Waals surface area (Å²) in [5.74, 6) is -1.28. The fourth-order valence-corrected chi connectivity index (χ4v) is 3.68. The molecule has 4 aromatic carbocycles. The predicted molar refractivity (Wildman–Crippen MR) is 115 cm³/mol. The zero-order valence-electron chi connectivity index (χ0n) is 16.4. The maximum Gasteiger partial charge on any atom is 0.328 e. The summed E-state index contributed by atoms with van der Waals surface area (Å²) in [7, 11) is 1.28. The van der Waals surface area contributed by atoms with E-state index in [1.165, 1.54) is 19.2 Å². The number of benzene rings is 4. The molecule has 0 aromatic heterocycles. The van der Waals surface area contributed by atoms with E-state index in [1.54, 1.807) is 12.1 Å². The van der Waals surface area contributed by atoms with Crippen LogP contribution in [-0.4, -0.2) is 25.0 Å². The molecule has 4 aromatic rings. The van der Waals surface area contributed by atoms with Crippen LogP contribution in [0.25, 0.3) is 21.5 Å². The van der Waals surface area contributed by atoms with Crippen molar-refractivity contribution in [1.82, 2.24) is 5.32 Å². The van der Waals surface area contributed by atoms with Crippen LogP contribution in [0.5, 0.6) is 0 Å². The summed E-state index contributed by atoms with van der Waals surface area (Å²) < 4.78 is 18.1. The fraction of sp³-hybridized carbons (Fsp3) is 0.120. The molecule has 0 aliphatic carbocycles. The third kappa shape index (κ3) is 3.87. The van der Waals surface area contributed by atoms with Crippen LogP contribution < -0.4 is 5.32 Å². The number of carbonyl (C=O) groups excluding carboxylic acids is 2. The lowest BCUT2D eigenvalue weighted by molar-refractivity contribution is -0.142. The molecule has 4 rings (SSSR count). The molecule has 150 valence electrons. The van der Waals surface area contributed by atoms with Gasteiger partial charge in [-0.05, 0) is 45.3 Å². The van der Waals surface area contributed by atoms with E-state index < -0.39 is 12.0 Å². The Hall–Kier alpha value is -3.73. The van der Waals surface area contributed by atoms with E-state index in [2.05, 4.69) is 5.32 Å². The van der Waals surface area contributed by atoms with E-state index in [4.69, 9.17) is 4.74 Å². The van der Waals surface area contributed by atoms with E-state index in [0.29, 0.717) is 5.56 Å². The molecule has 0 fully saturated rings. The lowest BCUT2D eigenvalue weighted by Gasteiger charge is -2.18. The Kier molecular flexibility index (Phi) is 5.44.